The van der Waals surface area contributed by atoms with Crippen LogP contribution in [0.25, 0.3) is 16.3 Å². The molecule has 9 nitrogen and oxygen atoms in total. The molecule has 1 atom stereocenters. The molecular weight excluding hydrogens is 655 g/mol. The number of hydrogen-bond acceptors (Lipinski definition) is 8. The highest BCUT2D eigenvalue weighted by Crippen LogP contribution is 2.30. The first-order valence-electron chi connectivity index (χ1n) is 14.9. The Morgan fingerprint density at radius 1 is 0.809 bits per heavy atom. The molecule has 1 saturated heterocycles. The van der Waals surface area contributed by atoms with Crippen molar-refractivity contribution in [2.45, 2.75) is 36.1 Å². The average Bonchev–Trinajstić information content (AvgIpc) is 3.69. The van der Waals surface area contributed by atoms with E-state index >= 15 is 0 Å². The largest absolute Gasteiger partial charge is 0.347 e. The second kappa shape index (κ2) is 16.3. The lowest BCUT2D eigenvalue weighted by Crippen LogP contribution is -2.34. The van der Waals surface area contributed by atoms with Crippen LogP contribution in [0.3, 0.4) is 0 Å². The van der Waals surface area contributed by atoms with Crippen molar-refractivity contribution >= 4 is 53.0 Å². The third kappa shape index (κ3) is 11.1. The summed E-state index contributed by atoms with van der Waals surface area (Å²) in [7, 11) is -5.85. The zero-order valence-corrected chi connectivity index (χ0v) is 28.9. The van der Waals surface area contributed by atoms with Gasteiger partial charge in [-0.05, 0) is 62.2 Å². The monoisotopic (exact) mass is 693 g/mol. The van der Waals surface area contributed by atoms with Crippen molar-refractivity contribution in [2.75, 3.05) is 31.6 Å². The van der Waals surface area contributed by atoms with Gasteiger partial charge in [0, 0.05) is 32.7 Å². The van der Waals surface area contributed by atoms with Gasteiger partial charge in [-0.25, -0.2) is 4.98 Å². The van der Waals surface area contributed by atoms with Crippen LogP contribution in [-0.4, -0.2) is 68.5 Å². The van der Waals surface area contributed by atoms with Crippen LogP contribution in [0.15, 0.2) is 119 Å². The predicted molar refractivity (Wildman–Crippen MR) is 190 cm³/mol. The van der Waals surface area contributed by atoms with Crippen LogP contribution in [0.4, 0.5) is 5.13 Å². The Morgan fingerprint density at radius 3 is 1.87 bits per heavy atom. The summed E-state index contributed by atoms with van der Waals surface area (Å²) < 4.78 is 60.4. The third-order valence-corrected chi connectivity index (χ3v) is 10.4. The Bertz CT molecular complexity index is 1870. The Balaban J connectivity index is 0.000000188. The van der Waals surface area contributed by atoms with Crippen LogP contribution in [-0.2, 0) is 20.2 Å². The molecule has 1 aliphatic heterocycles. The highest BCUT2D eigenvalue weighted by atomic mass is 32.2. The second-order valence-electron chi connectivity index (χ2n) is 11.2. The maximum absolute atomic E-state index is 10.5. The van der Waals surface area contributed by atoms with Crippen molar-refractivity contribution in [1.29, 1.82) is 0 Å². The van der Waals surface area contributed by atoms with E-state index in [1.54, 1.807) is 35.6 Å². The minimum atomic E-state index is -4.02. The van der Waals surface area contributed by atoms with Gasteiger partial charge in [0.1, 0.15) is 0 Å². The molecule has 248 valence electrons. The van der Waals surface area contributed by atoms with Crippen LogP contribution in [0, 0.1) is 13.8 Å². The molecule has 1 aromatic heterocycles. The molecule has 2 heterocycles. The van der Waals surface area contributed by atoms with Crippen molar-refractivity contribution in [1.82, 2.24) is 9.88 Å². The van der Waals surface area contributed by atoms with E-state index < -0.39 is 20.2 Å². The van der Waals surface area contributed by atoms with E-state index in [0.29, 0.717) is 6.04 Å². The quantitative estimate of drug-likeness (QED) is 0.173. The first kappa shape index (κ1) is 35.9. The van der Waals surface area contributed by atoms with E-state index in [-0.39, 0.29) is 9.79 Å². The summed E-state index contributed by atoms with van der Waals surface area (Å²) in [4.78, 5) is 9.55. The number of likely N-dealkylation sites (tertiary alicyclic amines) is 1. The number of benzene rings is 4. The number of nitrogens with zero attached hydrogens (tertiary/aromatic N) is 3. The first-order valence-corrected chi connectivity index (χ1v) is 18.6. The van der Waals surface area contributed by atoms with Gasteiger partial charge in [-0.15, -0.1) is 0 Å². The molecule has 5 aromatic rings. The SMILES string of the molecule is CN(c1nc2ccccc2s1)C1CCN(CC=Cc2ccccc2)C1.Cc1ccc(S(=O)(=O)O)cc1.Cc1ccc(S(=O)(=O)O)cc1. The zero-order valence-electron chi connectivity index (χ0n) is 26.5. The van der Waals surface area contributed by atoms with Gasteiger partial charge in [-0.3, -0.25) is 14.0 Å². The molecule has 0 amide bonds. The summed E-state index contributed by atoms with van der Waals surface area (Å²) in [5.74, 6) is 0. The average molecular weight is 694 g/mol. The Morgan fingerprint density at radius 2 is 1.34 bits per heavy atom. The minimum Gasteiger partial charge on any atom is -0.347 e. The minimum absolute atomic E-state index is 0.0666. The van der Waals surface area contributed by atoms with E-state index in [1.165, 1.54) is 40.9 Å². The molecule has 1 aliphatic rings. The number of fused-ring (bicyclic) bond motifs is 1. The molecule has 2 N–H and O–H groups in total. The van der Waals surface area contributed by atoms with Gasteiger partial charge < -0.3 is 4.90 Å². The van der Waals surface area contributed by atoms with Gasteiger partial charge in [-0.2, -0.15) is 16.8 Å². The summed E-state index contributed by atoms with van der Waals surface area (Å²) in [5, 5.41) is 1.13. The lowest BCUT2D eigenvalue weighted by molar-refractivity contribution is 0.371. The highest BCUT2D eigenvalue weighted by molar-refractivity contribution is 7.86. The van der Waals surface area contributed by atoms with Gasteiger partial charge in [-0.1, -0.05) is 101 Å². The lowest BCUT2D eigenvalue weighted by atomic mass is 10.2. The van der Waals surface area contributed by atoms with Gasteiger partial charge in [0.15, 0.2) is 5.13 Å². The van der Waals surface area contributed by atoms with E-state index in [0.717, 1.165) is 41.4 Å². The molecule has 0 saturated carbocycles. The van der Waals surface area contributed by atoms with Gasteiger partial charge >= 0.3 is 0 Å². The molecule has 4 aromatic carbocycles. The molecule has 0 bridgehead atoms. The van der Waals surface area contributed by atoms with Crippen molar-refractivity contribution in [3.8, 4) is 0 Å². The molecule has 1 unspecified atom stereocenters. The summed E-state index contributed by atoms with van der Waals surface area (Å²) >= 11 is 1.79. The Hall–Kier alpha value is -3.91. The number of anilines is 1. The fourth-order valence-corrected chi connectivity index (χ4v) is 6.74. The number of aryl methyl sites for hydroxylation is 2. The molecule has 0 aliphatic carbocycles. The predicted octanol–water partition coefficient (Wildman–Crippen LogP) is 7.00. The lowest BCUT2D eigenvalue weighted by Gasteiger charge is -2.24. The maximum Gasteiger partial charge on any atom is 0.294 e. The van der Waals surface area contributed by atoms with Gasteiger partial charge in [0.2, 0.25) is 0 Å². The maximum atomic E-state index is 10.5. The Kier molecular flexibility index (Phi) is 12.4. The summed E-state index contributed by atoms with van der Waals surface area (Å²) in [6, 6.07) is 31.4. The van der Waals surface area contributed by atoms with Crippen LogP contribution in [0.1, 0.15) is 23.1 Å². The summed E-state index contributed by atoms with van der Waals surface area (Å²) in [5.41, 5.74) is 4.29. The third-order valence-electron chi connectivity index (χ3n) is 7.49. The van der Waals surface area contributed by atoms with E-state index in [1.807, 2.05) is 13.8 Å². The topological polar surface area (TPSA) is 128 Å². The highest BCUT2D eigenvalue weighted by Gasteiger charge is 2.26. The number of thiazole rings is 1. The van der Waals surface area contributed by atoms with E-state index in [2.05, 4.69) is 83.6 Å². The smallest absolute Gasteiger partial charge is 0.294 e. The number of likely N-dealkylation sites (N-methyl/N-ethyl adjacent to an activating group) is 1. The van der Waals surface area contributed by atoms with Crippen molar-refractivity contribution in [3.63, 3.8) is 0 Å². The van der Waals surface area contributed by atoms with Gasteiger partial charge in [0.05, 0.1) is 20.0 Å². The molecule has 0 spiro atoms. The Labute approximate surface area is 281 Å². The van der Waals surface area contributed by atoms with Crippen LogP contribution in [0.2, 0.25) is 0 Å². The fourth-order valence-electron chi connectivity index (χ4n) is 4.78. The van der Waals surface area contributed by atoms with Crippen molar-refractivity contribution < 1.29 is 25.9 Å². The first-order chi connectivity index (χ1) is 22.3. The number of hydrogen-bond donors (Lipinski definition) is 2. The van der Waals surface area contributed by atoms with Crippen LogP contribution < -0.4 is 4.90 Å². The number of rotatable bonds is 7. The number of para-hydroxylation sites is 1. The summed E-state index contributed by atoms with van der Waals surface area (Å²) in [6.45, 7) is 6.95. The summed E-state index contributed by atoms with van der Waals surface area (Å²) in [6.07, 6.45) is 5.69. The zero-order chi connectivity index (χ0) is 34.0. The van der Waals surface area contributed by atoms with Crippen LogP contribution >= 0.6 is 11.3 Å². The normalized spacial score (nSPS) is 15.1. The standard InChI is InChI=1S/C21H23N3S.2C7H8O3S/c1-23(21-22-19-11-5-6-12-20(19)25-21)18-13-15-24(16-18)14-7-10-17-8-3-2-4-9-17;2*1-6-2-4-7(5-3-6)11(8,9)10/h2-12,18H,13-16H2,1H3;2*2-5H,1H3,(H,8,9,10). The van der Waals surface area contributed by atoms with Crippen molar-refractivity contribution in [3.05, 3.63) is 126 Å². The molecule has 0 radical (unpaired) electrons. The molecular formula is C35H39N3O6S3. The molecule has 12 heteroatoms. The number of aromatic nitrogens is 1. The second-order valence-corrected chi connectivity index (χ2v) is 15.0. The fraction of sp³-hybridized carbons (Fsp3) is 0.229. The van der Waals surface area contributed by atoms with Crippen LogP contribution in [0.5, 0.6) is 0 Å². The molecule has 1 fully saturated rings. The molecule has 47 heavy (non-hydrogen) atoms. The van der Waals surface area contributed by atoms with E-state index in [9.17, 15) is 16.8 Å². The van der Waals surface area contributed by atoms with Gasteiger partial charge in [0.25, 0.3) is 20.2 Å². The van der Waals surface area contributed by atoms with E-state index in [4.69, 9.17) is 14.1 Å². The van der Waals surface area contributed by atoms with Crippen molar-refractivity contribution in [2.24, 2.45) is 0 Å². The molecule has 6 rings (SSSR count).